The Kier molecular flexibility index (Phi) is 4.72. The predicted octanol–water partition coefficient (Wildman–Crippen LogP) is 1.98. The fraction of sp³-hybridized carbons (Fsp3) is 0.467. The Morgan fingerprint density at radius 1 is 1.25 bits per heavy atom. The molecular weight excluding hydrogens is 327 g/mol. The molecule has 2 aliphatic heterocycles. The summed E-state index contributed by atoms with van der Waals surface area (Å²) >= 11 is 0. The van der Waals surface area contributed by atoms with Crippen LogP contribution in [0.4, 0.5) is 18.0 Å². The highest BCUT2D eigenvalue weighted by Crippen LogP contribution is 2.33. The van der Waals surface area contributed by atoms with Crippen molar-refractivity contribution in [2.24, 2.45) is 5.10 Å². The maximum absolute atomic E-state index is 13.4. The molecular formula is C15H16F3N3O3. The number of carbonyl (C=O) groups is 1. The van der Waals surface area contributed by atoms with Crippen LogP contribution in [-0.2, 0) is 22.2 Å². The van der Waals surface area contributed by atoms with Crippen LogP contribution in [0.1, 0.15) is 16.7 Å². The van der Waals surface area contributed by atoms with Gasteiger partial charge in [0.05, 0.1) is 18.8 Å². The first-order valence-electron chi connectivity index (χ1n) is 7.43. The average Bonchev–Trinajstić information content (AvgIpc) is 2.56. The summed E-state index contributed by atoms with van der Waals surface area (Å²) in [5.41, 5.74) is 2.11. The highest BCUT2D eigenvalue weighted by atomic mass is 19.4. The molecule has 1 saturated heterocycles. The lowest BCUT2D eigenvalue weighted by molar-refractivity contribution is -0.138. The van der Waals surface area contributed by atoms with Crippen molar-refractivity contribution in [3.8, 4) is 0 Å². The van der Waals surface area contributed by atoms with E-state index in [2.05, 4.69) is 10.5 Å². The number of alkyl halides is 3. The van der Waals surface area contributed by atoms with E-state index in [9.17, 15) is 18.0 Å². The average molecular weight is 343 g/mol. The third kappa shape index (κ3) is 3.85. The molecule has 130 valence electrons. The highest BCUT2D eigenvalue weighted by molar-refractivity contribution is 6.03. The summed E-state index contributed by atoms with van der Waals surface area (Å²) in [5.74, 6) is 0. The van der Waals surface area contributed by atoms with Gasteiger partial charge in [0, 0.05) is 25.2 Å². The van der Waals surface area contributed by atoms with E-state index in [-0.39, 0.29) is 30.0 Å². The normalized spacial score (nSPS) is 19.5. The topological polar surface area (TPSA) is 63.2 Å². The molecule has 1 N–H and O–H groups in total. The molecule has 0 bridgehead atoms. The Hall–Kier alpha value is -2.13. The molecule has 24 heavy (non-hydrogen) atoms. The molecule has 0 atom stereocenters. The number of halogens is 3. The standard InChI is InChI=1S/C15H16F3N3O3/c16-15(17,18)12-7-10(13-9-24-14(22)20-19-13)1-2-11(12)8-21-3-5-23-6-4-21/h1-2,7H,3-6,8-9H2,(H,20,22). The van der Waals surface area contributed by atoms with Gasteiger partial charge in [0.25, 0.3) is 0 Å². The molecule has 2 aliphatic rings. The minimum Gasteiger partial charge on any atom is -0.442 e. The Morgan fingerprint density at radius 2 is 2.00 bits per heavy atom. The van der Waals surface area contributed by atoms with Gasteiger partial charge in [-0.1, -0.05) is 12.1 Å². The molecule has 6 nitrogen and oxygen atoms in total. The lowest BCUT2D eigenvalue weighted by atomic mass is 10.00. The van der Waals surface area contributed by atoms with Gasteiger partial charge in [0.1, 0.15) is 12.3 Å². The Labute approximate surface area is 136 Å². The van der Waals surface area contributed by atoms with Crippen molar-refractivity contribution in [1.82, 2.24) is 10.3 Å². The third-order valence-electron chi connectivity index (χ3n) is 3.87. The van der Waals surface area contributed by atoms with E-state index >= 15 is 0 Å². The van der Waals surface area contributed by atoms with Gasteiger partial charge >= 0.3 is 12.3 Å². The molecule has 0 saturated carbocycles. The number of hydrogen-bond acceptors (Lipinski definition) is 5. The monoisotopic (exact) mass is 343 g/mol. The Morgan fingerprint density at radius 3 is 2.62 bits per heavy atom. The van der Waals surface area contributed by atoms with Crippen LogP contribution >= 0.6 is 0 Å². The van der Waals surface area contributed by atoms with Crippen molar-refractivity contribution in [1.29, 1.82) is 0 Å². The SMILES string of the molecule is O=C1NN=C(c2ccc(CN3CCOCC3)c(C(F)(F)F)c2)CO1. The summed E-state index contributed by atoms with van der Waals surface area (Å²) in [6.07, 6.45) is -5.20. The Bertz CT molecular complexity index is 655. The van der Waals surface area contributed by atoms with Crippen molar-refractivity contribution < 1.29 is 27.4 Å². The minimum absolute atomic E-state index is 0.161. The van der Waals surface area contributed by atoms with Crippen LogP contribution in [0.25, 0.3) is 0 Å². The Balaban J connectivity index is 1.87. The number of ether oxygens (including phenoxy) is 2. The maximum atomic E-state index is 13.4. The molecule has 0 spiro atoms. The molecule has 1 aromatic rings. The van der Waals surface area contributed by atoms with Gasteiger partial charge < -0.3 is 9.47 Å². The van der Waals surface area contributed by atoms with Gasteiger partial charge in [0.2, 0.25) is 0 Å². The molecule has 2 heterocycles. The van der Waals surface area contributed by atoms with Crippen molar-refractivity contribution in [3.63, 3.8) is 0 Å². The largest absolute Gasteiger partial charge is 0.442 e. The predicted molar refractivity (Wildman–Crippen MR) is 78.6 cm³/mol. The lowest BCUT2D eigenvalue weighted by Crippen LogP contribution is -2.36. The summed E-state index contributed by atoms with van der Waals surface area (Å²) < 4.78 is 50.2. The number of morpholine rings is 1. The fourth-order valence-electron chi connectivity index (χ4n) is 2.62. The third-order valence-corrected chi connectivity index (χ3v) is 3.87. The van der Waals surface area contributed by atoms with Crippen LogP contribution in [0.15, 0.2) is 23.3 Å². The zero-order chi connectivity index (χ0) is 17.2. The van der Waals surface area contributed by atoms with Crippen LogP contribution in [0.3, 0.4) is 0 Å². The number of carbonyl (C=O) groups excluding carboxylic acids is 1. The number of rotatable bonds is 3. The number of nitrogens with one attached hydrogen (secondary N) is 1. The van der Waals surface area contributed by atoms with Gasteiger partial charge in [-0.15, -0.1) is 0 Å². The lowest BCUT2D eigenvalue weighted by Gasteiger charge is -2.28. The quantitative estimate of drug-likeness (QED) is 0.912. The molecule has 1 aromatic carbocycles. The van der Waals surface area contributed by atoms with Gasteiger partial charge in [-0.3, -0.25) is 4.90 Å². The first kappa shape index (κ1) is 16.7. The van der Waals surface area contributed by atoms with Crippen LogP contribution in [0.5, 0.6) is 0 Å². The zero-order valence-electron chi connectivity index (χ0n) is 12.7. The number of hydrogen-bond donors (Lipinski definition) is 1. The molecule has 0 aliphatic carbocycles. The van der Waals surface area contributed by atoms with Crippen LogP contribution in [0.2, 0.25) is 0 Å². The van der Waals surface area contributed by atoms with Gasteiger partial charge in [0.15, 0.2) is 0 Å². The van der Waals surface area contributed by atoms with Crippen molar-refractivity contribution in [2.45, 2.75) is 12.7 Å². The van der Waals surface area contributed by atoms with Crippen molar-refractivity contribution in [3.05, 3.63) is 34.9 Å². The van der Waals surface area contributed by atoms with E-state index < -0.39 is 17.8 Å². The number of hydrazone groups is 1. The number of nitrogens with zero attached hydrogens (tertiary/aromatic N) is 2. The van der Waals surface area contributed by atoms with Crippen LogP contribution in [-0.4, -0.2) is 49.6 Å². The molecule has 0 radical (unpaired) electrons. The molecule has 9 heteroatoms. The second-order valence-corrected chi connectivity index (χ2v) is 5.50. The van der Waals surface area contributed by atoms with E-state index in [4.69, 9.17) is 9.47 Å². The van der Waals surface area contributed by atoms with Gasteiger partial charge in [-0.25, -0.2) is 10.2 Å². The summed E-state index contributed by atoms with van der Waals surface area (Å²) in [4.78, 5) is 12.8. The van der Waals surface area contributed by atoms with E-state index in [0.29, 0.717) is 26.3 Å². The zero-order valence-corrected chi connectivity index (χ0v) is 12.7. The maximum Gasteiger partial charge on any atom is 0.428 e. The van der Waals surface area contributed by atoms with Crippen LogP contribution in [0, 0.1) is 0 Å². The summed E-state index contributed by atoms with van der Waals surface area (Å²) in [5, 5.41) is 3.75. The first-order chi connectivity index (χ1) is 11.4. The van der Waals surface area contributed by atoms with E-state index in [0.717, 1.165) is 6.07 Å². The van der Waals surface area contributed by atoms with E-state index in [1.165, 1.54) is 6.07 Å². The summed E-state index contributed by atoms with van der Waals surface area (Å²) in [6, 6.07) is 4.06. The van der Waals surface area contributed by atoms with Gasteiger partial charge in [-0.05, 0) is 11.6 Å². The molecule has 1 amide bonds. The second kappa shape index (κ2) is 6.78. The van der Waals surface area contributed by atoms with E-state index in [1.807, 2.05) is 4.90 Å². The second-order valence-electron chi connectivity index (χ2n) is 5.50. The summed E-state index contributed by atoms with van der Waals surface area (Å²) in [7, 11) is 0. The van der Waals surface area contributed by atoms with E-state index in [1.54, 1.807) is 6.07 Å². The molecule has 0 unspecified atom stereocenters. The highest BCUT2D eigenvalue weighted by Gasteiger charge is 2.34. The minimum atomic E-state index is -4.48. The number of cyclic esters (lactones) is 1. The van der Waals surface area contributed by atoms with Gasteiger partial charge in [-0.2, -0.15) is 18.3 Å². The van der Waals surface area contributed by atoms with Crippen molar-refractivity contribution >= 4 is 11.8 Å². The smallest absolute Gasteiger partial charge is 0.428 e. The number of amides is 1. The first-order valence-corrected chi connectivity index (χ1v) is 7.43. The number of benzene rings is 1. The summed E-state index contributed by atoms with van der Waals surface area (Å²) in [6.45, 7) is 2.29. The molecule has 0 aromatic heterocycles. The van der Waals surface area contributed by atoms with Crippen LogP contribution < -0.4 is 5.43 Å². The molecule has 3 rings (SSSR count). The fourth-order valence-corrected chi connectivity index (χ4v) is 2.62. The van der Waals surface area contributed by atoms with Crippen molar-refractivity contribution in [2.75, 3.05) is 32.9 Å². The molecule has 1 fully saturated rings.